The number of aromatic nitrogens is 1. The van der Waals surface area contributed by atoms with Crippen LogP contribution in [0, 0.1) is 0 Å². The molecule has 0 unspecified atom stereocenters. The van der Waals surface area contributed by atoms with Gasteiger partial charge in [-0.3, -0.25) is 9.59 Å². The van der Waals surface area contributed by atoms with Gasteiger partial charge in [-0.15, -0.1) is 0 Å². The number of ether oxygens (including phenoxy) is 1. The molecule has 144 valence electrons. The molecule has 7 heteroatoms. The Morgan fingerprint density at radius 1 is 1.11 bits per heavy atom. The molecular weight excluding hydrogens is 358 g/mol. The lowest BCUT2D eigenvalue weighted by Crippen LogP contribution is -2.38. The quantitative estimate of drug-likeness (QED) is 0.682. The van der Waals surface area contributed by atoms with E-state index in [0.29, 0.717) is 18.1 Å². The molecule has 0 aliphatic carbocycles. The molecule has 3 rings (SSSR count). The summed E-state index contributed by atoms with van der Waals surface area (Å²) < 4.78 is 10.5. The Labute approximate surface area is 162 Å². The third-order valence-electron chi connectivity index (χ3n) is 4.14. The average Bonchev–Trinajstić information content (AvgIpc) is 3.22. The van der Waals surface area contributed by atoms with E-state index in [4.69, 9.17) is 9.26 Å². The fraction of sp³-hybridized carbons (Fsp3) is 0.190. The zero-order chi connectivity index (χ0) is 19.9. The van der Waals surface area contributed by atoms with E-state index in [1.807, 2.05) is 48.5 Å². The van der Waals surface area contributed by atoms with Gasteiger partial charge in [0, 0.05) is 25.2 Å². The molecule has 1 heterocycles. The molecule has 0 aliphatic rings. The zero-order valence-electron chi connectivity index (χ0n) is 15.7. The van der Waals surface area contributed by atoms with E-state index in [1.54, 1.807) is 26.3 Å². The molecule has 0 fully saturated rings. The SMILES string of the molecule is COc1cccc(-c2cc(C(=O)N(C)CC(=O)NCc3ccccc3)no2)c1. The van der Waals surface area contributed by atoms with Crippen molar-refractivity contribution in [1.82, 2.24) is 15.4 Å². The standard InChI is InChI=1S/C21H21N3O4/c1-24(14-20(25)22-13-15-7-4-3-5-8-15)21(26)18-12-19(28-23-18)16-9-6-10-17(11-16)27-2/h3-12H,13-14H2,1-2H3,(H,22,25). The van der Waals surface area contributed by atoms with E-state index < -0.39 is 5.91 Å². The Morgan fingerprint density at radius 3 is 2.64 bits per heavy atom. The number of carbonyl (C=O) groups excluding carboxylic acids is 2. The summed E-state index contributed by atoms with van der Waals surface area (Å²) in [5, 5.41) is 6.62. The van der Waals surface area contributed by atoms with Crippen LogP contribution in [-0.2, 0) is 11.3 Å². The van der Waals surface area contributed by atoms with Gasteiger partial charge in [0.1, 0.15) is 5.75 Å². The second-order valence-corrected chi connectivity index (χ2v) is 6.23. The first-order chi connectivity index (χ1) is 13.6. The smallest absolute Gasteiger partial charge is 0.276 e. The number of nitrogens with one attached hydrogen (secondary N) is 1. The van der Waals surface area contributed by atoms with Crippen LogP contribution in [0.5, 0.6) is 5.75 Å². The van der Waals surface area contributed by atoms with E-state index >= 15 is 0 Å². The molecule has 0 aliphatic heterocycles. The Hall–Kier alpha value is -3.61. The summed E-state index contributed by atoms with van der Waals surface area (Å²) in [7, 11) is 3.12. The van der Waals surface area contributed by atoms with E-state index in [0.717, 1.165) is 11.1 Å². The number of hydrogen-bond acceptors (Lipinski definition) is 5. The monoisotopic (exact) mass is 379 g/mol. The van der Waals surface area contributed by atoms with E-state index in [2.05, 4.69) is 10.5 Å². The van der Waals surface area contributed by atoms with Gasteiger partial charge in [-0.25, -0.2) is 0 Å². The van der Waals surface area contributed by atoms with Crippen LogP contribution in [0.1, 0.15) is 16.1 Å². The van der Waals surface area contributed by atoms with Gasteiger partial charge >= 0.3 is 0 Å². The van der Waals surface area contributed by atoms with E-state index in [1.165, 1.54) is 4.90 Å². The van der Waals surface area contributed by atoms with Gasteiger partial charge in [0.15, 0.2) is 11.5 Å². The van der Waals surface area contributed by atoms with Crippen LogP contribution in [0.2, 0.25) is 0 Å². The summed E-state index contributed by atoms with van der Waals surface area (Å²) in [6.45, 7) is 0.332. The highest BCUT2D eigenvalue weighted by molar-refractivity contribution is 5.95. The van der Waals surface area contributed by atoms with Gasteiger partial charge in [0.2, 0.25) is 5.91 Å². The molecule has 28 heavy (non-hydrogen) atoms. The zero-order valence-corrected chi connectivity index (χ0v) is 15.7. The van der Waals surface area contributed by atoms with Crippen molar-refractivity contribution in [3.05, 3.63) is 71.9 Å². The van der Waals surface area contributed by atoms with Crippen molar-refractivity contribution in [1.29, 1.82) is 0 Å². The molecule has 3 aromatic rings. The summed E-state index contributed by atoms with van der Waals surface area (Å²) >= 11 is 0. The number of hydrogen-bond donors (Lipinski definition) is 1. The molecule has 0 radical (unpaired) electrons. The van der Waals surface area contributed by atoms with Gasteiger partial charge < -0.3 is 19.5 Å². The van der Waals surface area contributed by atoms with Crippen LogP contribution >= 0.6 is 0 Å². The van der Waals surface area contributed by atoms with Gasteiger partial charge in [-0.2, -0.15) is 0 Å². The predicted molar refractivity (Wildman–Crippen MR) is 104 cm³/mol. The summed E-state index contributed by atoms with van der Waals surface area (Å²) in [4.78, 5) is 25.9. The van der Waals surface area contributed by atoms with Crippen molar-refractivity contribution < 1.29 is 18.8 Å². The van der Waals surface area contributed by atoms with Crippen LogP contribution in [0.15, 0.2) is 65.2 Å². The number of methoxy groups -OCH3 is 1. The number of carbonyl (C=O) groups is 2. The van der Waals surface area contributed by atoms with Crippen LogP contribution in [0.3, 0.4) is 0 Å². The lowest BCUT2D eigenvalue weighted by molar-refractivity contribution is -0.121. The molecular formula is C21H21N3O4. The average molecular weight is 379 g/mol. The van der Waals surface area contributed by atoms with Crippen LogP contribution in [0.25, 0.3) is 11.3 Å². The van der Waals surface area contributed by atoms with Crippen molar-refractivity contribution in [3.8, 4) is 17.1 Å². The first-order valence-electron chi connectivity index (χ1n) is 8.74. The fourth-order valence-corrected chi connectivity index (χ4v) is 2.62. The van der Waals surface area contributed by atoms with E-state index in [-0.39, 0.29) is 18.1 Å². The molecule has 2 aromatic carbocycles. The molecule has 0 atom stereocenters. The Balaban J connectivity index is 1.59. The van der Waals surface area contributed by atoms with Crippen LogP contribution < -0.4 is 10.1 Å². The molecule has 0 saturated heterocycles. The highest BCUT2D eigenvalue weighted by Crippen LogP contribution is 2.24. The number of benzene rings is 2. The topological polar surface area (TPSA) is 84.7 Å². The normalized spacial score (nSPS) is 10.4. The van der Waals surface area contributed by atoms with Crippen molar-refractivity contribution in [3.63, 3.8) is 0 Å². The molecule has 1 aromatic heterocycles. The first-order valence-corrected chi connectivity index (χ1v) is 8.74. The maximum atomic E-state index is 12.5. The van der Waals surface area contributed by atoms with Crippen LogP contribution in [-0.4, -0.2) is 42.6 Å². The summed E-state index contributed by atoms with van der Waals surface area (Å²) in [6.07, 6.45) is 0. The third kappa shape index (κ3) is 4.76. The maximum absolute atomic E-state index is 12.5. The second-order valence-electron chi connectivity index (χ2n) is 6.23. The summed E-state index contributed by atoms with van der Waals surface area (Å²) in [5.74, 6) is 0.474. The number of likely N-dealkylation sites (N-methyl/N-ethyl adjacent to an activating group) is 1. The van der Waals surface area contributed by atoms with Crippen molar-refractivity contribution in [2.45, 2.75) is 6.54 Å². The Bertz CT molecular complexity index is 953. The number of rotatable bonds is 7. The number of nitrogens with zero attached hydrogens (tertiary/aromatic N) is 2. The molecule has 1 N–H and O–H groups in total. The first kappa shape index (κ1) is 19.2. The highest BCUT2D eigenvalue weighted by atomic mass is 16.5. The van der Waals surface area contributed by atoms with Gasteiger partial charge in [-0.1, -0.05) is 47.6 Å². The minimum atomic E-state index is -0.396. The van der Waals surface area contributed by atoms with Crippen molar-refractivity contribution in [2.24, 2.45) is 0 Å². The lowest BCUT2D eigenvalue weighted by Gasteiger charge is -2.15. The maximum Gasteiger partial charge on any atom is 0.276 e. The highest BCUT2D eigenvalue weighted by Gasteiger charge is 2.19. The minimum Gasteiger partial charge on any atom is -0.497 e. The van der Waals surface area contributed by atoms with Crippen molar-refractivity contribution in [2.75, 3.05) is 20.7 Å². The van der Waals surface area contributed by atoms with Gasteiger partial charge in [0.25, 0.3) is 5.91 Å². The predicted octanol–water partition coefficient (Wildman–Crippen LogP) is 2.74. The Morgan fingerprint density at radius 2 is 1.89 bits per heavy atom. The molecule has 2 amide bonds. The van der Waals surface area contributed by atoms with Gasteiger partial charge in [0.05, 0.1) is 13.7 Å². The van der Waals surface area contributed by atoms with Crippen molar-refractivity contribution >= 4 is 11.8 Å². The Kier molecular flexibility index (Phi) is 6.06. The van der Waals surface area contributed by atoms with E-state index in [9.17, 15) is 9.59 Å². The molecule has 0 bridgehead atoms. The van der Waals surface area contributed by atoms with Gasteiger partial charge in [-0.05, 0) is 17.7 Å². The fourth-order valence-electron chi connectivity index (χ4n) is 2.62. The lowest BCUT2D eigenvalue weighted by atomic mass is 10.1. The minimum absolute atomic E-state index is 0.0764. The largest absolute Gasteiger partial charge is 0.497 e. The summed E-state index contributed by atoms with van der Waals surface area (Å²) in [5.41, 5.74) is 1.87. The number of amides is 2. The molecule has 0 spiro atoms. The molecule has 0 saturated carbocycles. The van der Waals surface area contributed by atoms with Crippen LogP contribution in [0.4, 0.5) is 0 Å². The molecule has 7 nitrogen and oxygen atoms in total. The second kappa shape index (κ2) is 8.85. The summed E-state index contributed by atoms with van der Waals surface area (Å²) in [6, 6.07) is 18.4. The third-order valence-corrected chi connectivity index (χ3v) is 4.14.